The quantitative estimate of drug-likeness (QED) is 0.610. The van der Waals surface area contributed by atoms with Crippen molar-refractivity contribution >= 4 is 12.0 Å². The van der Waals surface area contributed by atoms with Crippen LogP contribution in [0.3, 0.4) is 0 Å². The minimum atomic E-state index is -1.05. The fraction of sp³-hybridized carbons (Fsp3) is 0.833. The van der Waals surface area contributed by atoms with Gasteiger partial charge in [-0.2, -0.15) is 0 Å². The summed E-state index contributed by atoms with van der Waals surface area (Å²) in [5, 5.41) is 14.5. The second-order valence-electron chi connectivity index (χ2n) is 5.13. The first-order chi connectivity index (χ1) is 8.46. The van der Waals surface area contributed by atoms with Crippen molar-refractivity contribution in [2.24, 2.45) is 0 Å². The van der Waals surface area contributed by atoms with Gasteiger partial charge in [-0.3, -0.25) is 0 Å². The van der Waals surface area contributed by atoms with Crippen LogP contribution in [0.15, 0.2) is 0 Å². The number of aliphatic carboxylic acids is 1. The van der Waals surface area contributed by atoms with Crippen molar-refractivity contribution in [1.82, 2.24) is 15.5 Å². The molecule has 2 amide bonds. The summed E-state index contributed by atoms with van der Waals surface area (Å²) in [5.74, 6) is -0.927. The van der Waals surface area contributed by atoms with Crippen LogP contribution < -0.4 is 10.6 Å². The van der Waals surface area contributed by atoms with Gasteiger partial charge in [-0.05, 0) is 39.9 Å². The number of carboxylic acids is 1. The normalized spacial score (nSPS) is 17.7. The van der Waals surface area contributed by atoms with Gasteiger partial charge in [0, 0.05) is 6.54 Å². The highest BCUT2D eigenvalue weighted by Crippen LogP contribution is 2.29. The molecule has 3 N–H and O–H groups in total. The lowest BCUT2D eigenvalue weighted by Crippen LogP contribution is -2.55. The van der Waals surface area contributed by atoms with Crippen molar-refractivity contribution in [1.29, 1.82) is 0 Å². The molecule has 1 aliphatic carbocycles. The summed E-state index contributed by atoms with van der Waals surface area (Å²) >= 11 is 0. The predicted molar refractivity (Wildman–Crippen MR) is 68.5 cm³/mol. The van der Waals surface area contributed by atoms with Gasteiger partial charge in [-0.1, -0.05) is 12.8 Å². The minimum absolute atomic E-state index is 0.377. The Hall–Kier alpha value is -1.30. The fourth-order valence-electron chi connectivity index (χ4n) is 2.23. The molecule has 0 aromatic rings. The van der Waals surface area contributed by atoms with Gasteiger partial charge >= 0.3 is 12.0 Å². The molecule has 0 unspecified atom stereocenters. The Morgan fingerprint density at radius 1 is 1.28 bits per heavy atom. The van der Waals surface area contributed by atoms with E-state index in [1.54, 1.807) is 0 Å². The van der Waals surface area contributed by atoms with Crippen LogP contribution in [0.5, 0.6) is 0 Å². The molecule has 18 heavy (non-hydrogen) atoms. The number of rotatable bonds is 6. The summed E-state index contributed by atoms with van der Waals surface area (Å²) in [7, 11) is 3.94. The molecule has 0 atom stereocenters. The molecule has 1 rings (SSSR count). The van der Waals surface area contributed by atoms with E-state index in [9.17, 15) is 14.7 Å². The summed E-state index contributed by atoms with van der Waals surface area (Å²) in [6.45, 7) is 1.45. The SMILES string of the molecule is CN(C)CCCNC(=O)NC1(C(=O)O)CCCC1. The Morgan fingerprint density at radius 2 is 1.89 bits per heavy atom. The molecule has 0 aromatic heterocycles. The molecule has 6 nitrogen and oxygen atoms in total. The molecule has 1 saturated carbocycles. The van der Waals surface area contributed by atoms with Crippen LogP contribution in [0.25, 0.3) is 0 Å². The van der Waals surface area contributed by atoms with E-state index in [2.05, 4.69) is 10.6 Å². The summed E-state index contributed by atoms with van der Waals surface area (Å²) in [6, 6.07) is -0.377. The monoisotopic (exact) mass is 257 g/mol. The van der Waals surface area contributed by atoms with E-state index in [0.717, 1.165) is 25.8 Å². The molecule has 0 bridgehead atoms. The van der Waals surface area contributed by atoms with Crippen molar-refractivity contribution in [3.8, 4) is 0 Å². The molecule has 0 spiro atoms. The predicted octanol–water partition coefficient (Wildman–Crippen LogP) is 0.635. The van der Waals surface area contributed by atoms with E-state index in [4.69, 9.17) is 0 Å². The van der Waals surface area contributed by atoms with E-state index in [0.29, 0.717) is 19.4 Å². The molecule has 0 heterocycles. The summed E-state index contributed by atoms with van der Waals surface area (Å²) in [6.07, 6.45) is 3.60. The largest absolute Gasteiger partial charge is 0.480 e. The Morgan fingerprint density at radius 3 is 2.39 bits per heavy atom. The van der Waals surface area contributed by atoms with Crippen molar-refractivity contribution in [3.63, 3.8) is 0 Å². The number of carbonyl (C=O) groups excluding carboxylic acids is 1. The highest BCUT2D eigenvalue weighted by molar-refractivity contribution is 5.86. The highest BCUT2D eigenvalue weighted by atomic mass is 16.4. The molecule has 0 aliphatic heterocycles. The number of amides is 2. The third-order valence-corrected chi connectivity index (χ3v) is 3.29. The van der Waals surface area contributed by atoms with Gasteiger partial charge in [0.15, 0.2) is 0 Å². The number of hydrogen-bond donors (Lipinski definition) is 3. The molecule has 6 heteroatoms. The van der Waals surface area contributed by atoms with Gasteiger partial charge in [0.05, 0.1) is 0 Å². The first-order valence-electron chi connectivity index (χ1n) is 6.40. The first-order valence-corrected chi connectivity index (χ1v) is 6.40. The Bertz CT molecular complexity index is 299. The average molecular weight is 257 g/mol. The first kappa shape index (κ1) is 14.8. The van der Waals surface area contributed by atoms with Gasteiger partial charge in [0.1, 0.15) is 5.54 Å². The lowest BCUT2D eigenvalue weighted by molar-refractivity contribution is -0.144. The van der Waals surface area contributed by atoms with Crippen LogP contribution in [-0.4, -0.2) is 54.7 Å². The second-order valence-corrected chi connectivity index (χ2v) is 5.13. The zero-order valence-electron chi connectivity index (χ0n) is 11.2. The molecular weight excluding hydrogens is 234 g/mol. The van der Waals surface area contributed by atoms with Crippen molar-refractivity contribution in [2.45, 2.75) is 37.6 Å². The van der Waals surface area contributed by atoms with Crippen LogP contribution in [0, 0.1) is 0 Å². The number of nitrogens with one attached hydrogen (secondary N) is 2. The van der Waals surface area contributed by atoms with E-state index in [-0.39, 0.29) is 6.03 Å². The Kier molecular flexibility index (Phi) is 5.40. The Labute approximate surface area is 108 Å². The number of carboxylic acid groups (broad SMARTS) is 1. The maximum atomic E-state index is 11.7. The van der Waals surface area contributed by atoms with Gasteiger partial charge in [0.25, 0.3) is 0 Å². The maximum Gasteiger partial charge on any atom is 0.329 e. The summed E-state index contributed by atoms with van der Waals surface area (Å²) < 4.78 is 0. The van der Waals surface area contributed by atoms with Crippen LogP contribution >= 0.6 is 0 Å². The van der Waals surface area contributed by atoms with Crippen molar-refractivity contribution < 1.29 is 14.7 Å². The fourth-order valence-corrected chi connectivity index (χ4v) is 2.23. The van der Waals surface area contributed by atoms with Crippen LogP contribution in [0.1, 0.15) is 32.1 Å². The lowest BCUT2D eigenvalue weighted by Gasteiger charge is -2.25. The number of hydrogen-bond acceptors (Lipinski definition) is 3. The molecule has 0 aromatic carbocycles. The van der Waals surface area contributed by atoms with E-state index < -0.39 is 11.5 Å². The van der Waals surface area contributed by atoms with Gasteiger partial charge in [-0.25, -0.2) is 9.59 Å². The van der Waals surface area contributed by atoms with Crippen molar-refractivity contribution in [3.05, 3.63) is 0 Å². The third-order valence-electron chi connectivity index (χ3n) is 3.29. The van der Waals surface area contributed by atoms with E-state index in [1.165, 1.54) is 0 Å². The molecule has 104 valence electrons. The average Bonchev–Trinajstić information content (AvgIpc) is 2.74. The van der Waals surface area contributed by atoms with E-state index >= 15 is 0 Å². The number of nitrogens with zero attached hydrogens (tertiary/aromatic N) is 1. The molecule has 1 aliphatic rings. The zero-order valence-corrected chi connectivity index (χ0v) is 11.2. The lowest BCUT2D eigenvalue weighted by atomic mass is 9.98. The number of urea groups is 1. The maximum absolute atomic E-state index is 11.7. The van der Waals surface area contributed by atoms with Crippen molar-refractivity contribution in [2.75, 3.05) is 27.2 Å². The minimum Gasteiger partial charge on any atom is -0.480 e. The highest BCUT2D eigenvalue weighted by Gasteiger charge is 2.42. The second kappa shape index (κ2) is 6.58. The van der Waals surface area contributed by atoms with Crippen LogP contribution in [-0.2, 0) is 4.79 Å². The van der Waals surface area contributed by atoms with Gasteiger partial charge in [0.2, 0.25) is 0 Å². The number of carbonyl (C=O) groups is 2. The standard InChI is InChI=1S/C12H23N3O3/c1-15(2)9-5-8-13-11(18)14-12(10(16)17)6-3-4-7-12/h3-9H2,1-2H3,(H,16,17)(H2,13,14,18). The van der Waals surface area contributed by atoms with E-state index in [1.807, 2.05) is 19.0 Å². The zero-order chi connectivity index (χ0) is 13.6. The van der Waals surface area contributed by atoms with Gasteiger partial charge in [-0.15, -0.1) is 0 Å². The summed E-state index contributed by atoms with van der Waals surface area (Å²) in [5.41, 5.74) is -1.05. The summed E-state index contributed by atoms with van der Waals surface area (Å²) in [4.78, 5) is 24.9. The molecule has 1 fully saturated rings. The molecule has 0 radical (unpaired) electrons. The van der Waals surface area contributed by atoms with Crippen LogP contribution in [0.4, 0.5) is 4.79 Å². The third kappa shape index (κ3) is 4.18. The van der Waals surface area contributed by atoms with Gasteiger partial charge < -0.3 is 20.6 Å². The smallest absolute Gasteiger partial charge is 0.329 e. The molecule has 0 saturated heterocycles. The Balaban J connectivity index is 2.32. The van der Waals surface area contributed by atoms with Crippen LogP contribution in [0.2, 0.25) is 0 Å². The molecular formula is C12H23N3O3. The topological polar surface area (TPSA) is 81.7 Å².